The average molecular weight is 545 g/mol. The standard InChI is InChI=1S/C22H20ClF3N4O5S/c1-13-27-20(29-35-13)14-4-9-18(23)19(11-14)36(32,33)30-10-2-3-15(12-30)21(31)28-16-5-7-17(8-6-16)34-22(24,25)26/h4-9,11,15H,2-3,10,12H2,1H3,(H,28,31). The molecule has 9 nitrogen and oxygen atoms in total. The third kappa shape index (κ3) is 5.97. The van der Waals surface area contributed by atoms with Gasteiger partial charge >= 0.3 is 6.36 Å². The summed E-state index contributed by atoms with van der Waals surface area (Å²) in [6, 6.07) is 9.03. The molecule has 2 heterocycles. The SMILES string of the molecule is Cc1nc(-c2ccc(Cl)c(S(=O)(=O)N3CCCC(C(=O)Nc4ccc(OC(F)(F)F)cc4)C3)c2)no1. The summed E-state index contributed by atoms with van der Waals surface area (Å²) < 4.78 is 73.7. The number of anilines is 1. The maximum Gasteiger partial charge on any atom is 0.573 e. The lowest BCUT2D eigenvalue weighted by Crippen LogP contribution is -2.43. The number of piperidine rings is 1. The fourth-order valence-corrected chi connectivity index (χ4v) is 5.78. The predicted molar refractivity (Wildman–Crippen MR) is 123 cm³/mol. The van der Waals surface area contributed by atoms with Crippen LogP contribution in [0.4, 0.5) is 18.9 Å². The van der Waals surface area contributed by atoms with Crippen molar-refractivity contribution in [1.29, 1.82) is 0 Å². The number of hydrogen-bond donors (Lipinski definition) is 1. The lowest BCUT2D eigenvalue weighted by molar-refractivity contribution is -0.274. The quantitative estimate of drug-likeness (QED) is 0.481. The van der Waals surface area contributed by atoms with Crippen molar-refractivity contribution < 1.29 is 35.6 Å². The zero-order valence-electron chi connectivity index (χ0n) is 18.8. The Morgan fingerprint density at radius 3 is 2.58 bits per heavy atom. The molecule has 1 saturated heterocycles. The Balaban J connectivity index is 1.47. The van der Waals surface area contributed by atoms with Gasteiger partial charge in [0.15, 0.2) is 0 Å². The van der Waals surface area contributed by atoms with Gasteiger partial charge in [0.05, 0.1) is 10.9 Å². The van der Waals surface area contributed by atoms with Gasteiger partial charge in [0.25, 0.3) is 0 Å². The van der Waals surface area contributed by atoms with Crippen molar-refractivity contribution in [3.05, 3.63) is 53.4 Å². The van der Waals surface area contributed by atoms with Crippen LogP contribution in [0, 0.1) is 12.8 Å². The molecule has 1 atom stereocenters. The number of aryl methyl sites for hydroxylation is 1. The zero-order chi connectivity index (χ0) is 26.1. The highest BCUT2D eigenvalue weighted by Gasteiger charge is 2.35. The average Bonchev–Trinajstić information content (AvgIpc) is 3.26. The molecular formula is C22H20ClF3N4O5S. The zero-order valence-corrected chi connectivity index (χ0v) is 20.3. The summed E-state index contributed by atoms with van der Waals surface area (Å²) in [5.41, 5.74) is 0.653. The minimum atomic E-state index is -4.82. The first kappa shape index (κ1) is 25.9. The summed E-state index contributed by atoms with van der Waals surface area (Å²) in [5.74, 6) is -1.03. The van der Waals surface area contributed by atoms with Crippen LogP contribution in [0.5, 0.6) is 5.75 Å². The molecule has 0 saturated carbocycles. The molecule has 0 spiro atoms. The van der Waals surface area contributed by atoms with Gasteiger partial charge in [0.2, 0.25) is 27.6 Å². The number of nitrogens with zero attached hydrogens (tertiary/aromatic N) is 3. The molecule has 14 heteroatoms. The van der Waals surface area contributed by atoms with Crippen molar-refractivity contribution in [3.8, 4) is 17.1 Å². The Morgan fingerprint density at radius 2 is 1.94 bits per heavy atom. The van der Waals surface area contributed by atoms with E-state index in [0.717, 1.165) is 12.1 Å². The van der Waals surface area contributed by atoms with Crippen LogP contribution in [-0.4, -0.2) is 48.2 Å². The summed E-state index contributed by atoms with van der Waals surface area (Å²) in [7, 11) is -4.07. The fourth-order valence-electron chi connectivity index (χ4n) is 3.75. The second-order valence-corrected chi connectivity index (χ2v) is 10.4. The molecule has 1 aromatic heterocycles. The maximum absolute atomic E-state index is 13.4. The summed E-state index contributed by atoms with van der Waals surface area (Å²) in [6.07, 6.45) is -3.96. The van der Waals surface area contributed by atoms with E-state index in [-0.39, 0.29) is 34.5 Å². The molecular weight excluding hydrogens is 525 g/mol. The van der Waals surface area contributed by atoms with Crippen molar-refractivity contribution in [2.24, 2.45) is 5.92 Å². The van der Waals surface area contributed by atoms with Gasteiger partial charge in [-0.25, -0.2) is 8.42 Å². The van der Waals surface area contributed by atoms with E-state index >= 15 is 0 Å². The number of amides is 1. The second-order valence-electron chi connectivity index (χ2n) is 8.05. The van der Waals surface area contributed by atoms with Crippen LogP contribution in [0.1, 0.15) is 18.7 Å². The molecule has 1 amide bonds. The lowest BCUT2D eigenvalue weighted by atomic mass is 9.99. The van der Waals surface area contributed by atoms with Gasteiger partial charge < -0.3 is 14.6 Å². The molecule has 1 N–H and O–H groups in total. The Bertz CT molecular complexity index is 1360. The van der Waals surface area contributed by atoms with Crippen molar-refractivity contribution in [2.45, 2.75) is 31.0 Å². The number of benzene rings is 2. The Kier molecular flexibility index (Phi) is 7.25. The van der Waals surface area contributed by atoms with E-state index in [1.807, 2.05) is 0 Å². The van der Waals surface area contributed by atoms with E-state index < -0.39 is 34.0 Å². The maximum atomic E-state index is 13.4. The van der Waals surface area contributed by atoms with Crippen LogP contribution in [0.15, 0.2) is 51.9 Å². The largest absolute Gasteiger partial charge is 0.573 e. The number of alkyl halides is 3. The minimum Gasteiger partial charge on any atom is -0.406 e. The number of sulfonamides is 1. The van der Waals surface area contributed by atoms with Gasteiger partial charge in [0.1, 0.15) is 10.6 Å². The number of nitrogens with one attached hydrogen (secondary N) is 1. The first-order valence-electron chi connectivity index (χ1n) is 10.7. The molecule has 36 heavy (non-hydrogen) atoms. The second kappa shape index (κ2) is 10.1. The Labute approximate surface area is 209 Å². The number of ether oxygens (including phenoxy) is 1. The van der Waals surface area contributed by atoms with Crippen LogP contribution >= 0.6 is 11.6 Å². The third-order valence-corrected chi connectivity index (χ3v) is 7.79. The van der Waals surface area contributed by atoms with E-state index in [9.17, 15) is 26.4 Å². The molecule has 1 unspecified atom stereocenters. The molecule has 3 aromatic rings. The van der Waals surface area contributed by atoms with Gasteiger partial charge in [-0.2, -0.15) is 9.29 Å². The van der Waals surface area contributed by atoms with Crippen molar-refractivity contribution in [2.75, 3.05) is 18.4 Å². The summed E-state index contributed by atoms with van der Waals surface area (Å²) >= 11 is 6.22. The smallest absolute Gasteiger partial charge is 0.406 e. The molecule has 0 aliphatic carbocycles. The fraction of sp³-hybridized carbons (Fsp3) is 0.318. The van der Waals surface area contributed by atoms with Crippen molar-refractivity contribution in [1.82, 2.24) is 14.4 Å². The van der Waals surface area contributed by atoms with Crippen LogP contribution in [0.25, 0.3) is 11.4 Å². The number of aromatic nitrogens is 2. The van der Waals surface area contributed by atoms with Crippen LogP contribution < -0.4 is 10.1 Å². The van der Waals surface area contributed by atoms with Crippen LogP contribution in [-0.2, 0) is 14.8 Å². The number of halogens is 4. The van der Waals surface area contributed by atoms with E-state index in [0.29, 0.717) is 24.3 Å². The van der Waals surface area contributed by atoms with Gasteiger partial charge in [-0.15, -0.1) is 13.2 Å². The Morgan fingerprint density at radius 1 is 1.22 bits per heavy atom. The summed E-state index contributed by atoms with van der Waals surface area (Å²) in [4.78, 5) is 16.8. The van der Waals surface area contributed by atoms with Gasteiger partial charge in [-0.1, -0.05) is 16.8 Å². The third-order valence-electron chi connectivity index (χ3n) is 5.45. The molecule has 1 aliphatic heterocycles. The number of carbonyl (C=O) groups excluding carboxylic acids is 1. The molecule has 2 aromatic carbocycles. The number of hydrogen-bond acceptors (Lipinski definition) is 7. The normalized spacial score (nSPS) is 17.1. The van der Waals surface area contributed by atoms with Crippen molar-refractivity contribution >= 4 is 33.2 Å². The molecule has 0 bridgehead atoms. The van der Waals surface area contributed by atoms with Crippen molar-refractivity contribution in [3.63, 3.8) is 0 Å². The highest BCUT2D eigenvalue weighted by Crippen LogP contribution is 2.32. The van der Waals surface area contributed by atoms with Gasteiger partial charge in [0, 0.05) is 31.3 Å². The summed E-state index contributed by atoms with van der Waals surface area (Å²) in [6.45, 7) is 1.70. The van der Waals surface area contributed by atoms with E-state index in [1.54, 1.807) is 13.0 Å². The first-order valence-corrected chi connectivity index (χ1v) is 12.5. The molecule has 4 rings (SSSR count). The molecule has 1 fully saturated rings. The lowest BCUT2D eigenvalue weighted by Gasteiger charge is -2.31. The van der Waals surface area contributed by atoms with Gasteiger partial charge in [-0.3, -0.25) is 4.79 Å². The predicted octanol–water partition coefficient (Wildman–Crippen LogP) is 4.64. The number of carbonyl (C=O) groups is 1. The topological polar surface area (TPSA) is 115 Å². The van der Waals surface area contributed by atoms with E-state index in [2.05, 4.69) is 20.2 Å². The summed E-state index contributed by atoms with van der Waals surface area (Å²) in [5, 5.41) is 6.41. The molecule has 1 aliphatic rings. The van der Waals surface area contributed by atoms with Crippen LogP contribution in [0.2, 0.25) is 5.02 Å². The van der Waals surface area contributed by atoms with E-state index in [1.165, 1.54) is 28.6 Å². The highest BCUT2D eigenvalue weighted by atomic mass is 35.5. The first-order chi connectivity index (χ1) is 16.9. The van der Waals surface area contributed by atoms with Crippen LogP contribution in [0.3, 0.4) is 0 Å². The highest BCUT2D eigenvalue weighted by molar-refractivity contribution is 7.89. The minimum absolute atomic E-state index is 0.00621. The monoisotopic (exact) mass is 544 g/mol. The number of rotatable bonds is 6. The Hall–Kier alpha value is -3.16. The van der Waals surface area contributed by atoms with Gasteiger partial charge in [-0.05, 0) is 55.3 Å². The molecule has 0 radical (unpaired) electrons. The molecule has 192 valence electrons. The van der Waals surface area contributed by atoms with E-state index in [4.69, 9.17) is 16.1 Å².